The van der Waals surface area contributed by atoms with E-state index in [4.69, 9.17) is 11.6 Å². The Bertz CT molecular complexity index is 474. The number of rotatable bonds is 2. The smallest absolute Gasteiger partial charge is 0.226 e. The van der Waals surface area contributed by atoms with Crippen LogP contribution in [-0.4, -0.2) is 29.8 Å². The molecule has 0 spiro atoms. The highest BCUT2D eigenvalue weighted by atomic mass is 35.5. The van der Waals surface area contributed by atoms with Crippen molar-refractivity contribution in [2.24, 2.45) is 11.8 Å². The van der Waals surface area contributed by atoms with Crippen LogP contribution in [-0.2, 0) is 17.6 Å². The van der Waals surface area contributed by atoms with Crippen molar-refractivity contribution in [1.82, 2.24) is 4.90 Å². The van der Waals surface area contributed by atoms with Gasteiger partial charge in [0.2, 0.25) is 5.91 Å². The Labute approximate surface area is 119 Å². The lowest BCUT2D eigenvalue weighted by molar-refractivity contribution is -0.134. The molecule has 1 amide bonds. The normalized spacial score (nSPS) is 26.3. The Hall–Kier alpha value is -1.02. The lowest BCUT2D eigenvalue weighted by Crippen LogP contribution is -2.37. The molecule has 1 aromatic carbocycles. The second-order valence-electron chi connectivity index (χ2n) is 5.80. The summed E-state index contributed by atoms with van der Waals surface area (Å²) in [5.41, 5.74) is 2.78. The molecule has 3 rings (SSSR count). The first kappa shape index (κ1) is 13.0. The van der Waals surface area contributed by atoms with Crippen LogP contribution in [0.3, 0.4) is 0 Å². The quantitative estimate of drug-likeness (QED) is 0.761. The van der Waals surface area contributed by atoms with Crippen LogP contribution in [0, 0.1) is 11.8 Å². The van der Waals surface area contributed by atoms with Gasteiger partial charge >= 0.3 is 0 Å². The zero-order chi connectivity index (χ0) is 13.2. The van der Waals surface area contributed by atoms with E-state index in [1.54, 1.807) is 0 Å². The zero-order valence-electron chi connectivity index (χ0n) is 11.1. The molecular formula is C16H20ClNO. The number of aryl methyl sites for hydroxylation is 1. The van der Waals surface area contributed by atoms with Crippen LogP contribution in [0.25, 0.3) is 0 Å². The van der Waals surface area contributed by atoms with Crippen molar-refractivity contribution in [1.29, 1.82) is 0 Å². The first-order valence-electron chi connectivity index (χ1n) is 7.19. The molecule has 2 unspecified atom stereocenters. The highest BCUT2D eigenvalue weighted by Gasteiger charge is 2.32. The van der Waals surface area contributed by atoms with E-state index in [2.05, 4.69) is 24.3 Å². The number of fused-ring (bicyclic) bond motifs is 1. The molecule has 2 nitrogen and oxygen atoms in total. The Morgan fingerprint density at radius 2 is 2.05 bits per heavy atom. The molecule has 1 fully saturated rings. The summed E-state index contributed by atoms with van der Waals surface area (Å²) in [5.74, 6) is 1.71. The van der Waals surface area contributed by atoms with Crippen LogP contribution < -0.4 is 0 Å². The van der Waals surface area contributed by atoms with Gasteiger partial charge in [0.25, 0.3) is 0 Å². The van der Waals surface area contributed by atoms with Crippen molar-refractivity contribution < 1.29 is 4.79 Å². The molecule has 2 aliphatic rings. The van der Waals surface area contributed by atoms with Gasteiger partial charge < -0.3 is 4.90 Å². The minimum atomic E-state index is 0.184. The van der Waals surface area contributed by atoms with E-state index in [0.29, 0.717) is 17.7 Å². The molecular weight excluding hydrogens is 258 g/mol. The van der Waals surface area contributed by atoms with Crippen LogP contribution in [0.15, 0.2) is 24.3 Å². The van der Waals surface area contributed by atoms with Gasteiger partial charge in [-0.1, -0.05) is 24.3 Å². The highest BCUT2D eigenvalue weighted by Crippen LogP contribution is 2.28. The summed E-state index contributed by atoms with van der Waals surface area (Å²) in [6, 6.07) is 8.52. The van der Waals surface area contributed by atoms with Gasteiger partial charge in [-0.2, -0.15) is 0 Å². The van der Waals surface area contributed by atoms with E-state index in [-0.39, 0.29) is 5.92 Å². The van der Waals surface area contributed by atoms with Gasteiger partial charge in [0.1, 0.15) is 0 Å². The minimum absolute atomic E-state index is 0.184. The van der Waals surface area contributed by atoms with Crippen LogP contribution in [0.4, 0.5) is 0 Å². The first-order chi connectivity index (χ1) is 9.28. The van der Waals surface area contributed by atoms with Gasteiger partial charge in [-0.25, -0.2) is 0 Å². The predicted octanol–water partition coefficient (Wildman–Crippen LogP) is 2.88. The fourth-order valence-corrected chi connectivity index (χ4v) is 3.58. The molecule has 0 aromatic heterocycles. The topological polar surface area (TPSA) is 20.3 Å². The van der Waals surface area contributed by atoms with E-state index < -0.39 is 0 Å². The fourth-order valence-electron chi connectivity index (χ4n) is 3.33. The van der Waals surface area contributed by atoms with Crippen molar-refractivity contribution in [2.75, 3.05) is 19.0 Å². The van der Waals surface area contributed by atoms with Crippen molar-refractivity contribution in [3.63, 3.8) is 0 Å². The molecule has 2 atom stereocenters. The maximum atomic E-state index is 12.6. The summed E-state index contributed by atoms with van der Waals surface area (Å²) in [6.45, 7) is 1.76. The number of alkyl halides is 1. The van der Waals surface area contributed by atoms with Gasteiger partial charge in [-0.15, -0.1) is 11.6 Å². The number of likely N-dealkylation sites (tertiary alicyclic amines) is 1. The largest absolute Gasteiger partial charge is 0.342 e. The molecule has 1 aliphatic heterocycles. The molecule has 102 valence electrons. The Kier molecular flexibility index (Phi) is 3.79. The molecule has 1 aliphatic carbocycles. The number of carbonyl (C=O) groups is 1. The van der Waals surface area contributed by atoms with Crippen molar-refractivity contribution in [2.45, 2.75) is 25.7 Å². The summed E-state index contributed by atoms with van der Waals surface area (Å²) in [5, 5.41) is 0. The third-order valence-corrected chi connectivity index (χ3v) is 4.95. The minimum Gasteiger partial charge on any atom is -0.342 e. The summed E-state index contributed by atoms with van der Waals surface area (Å²) < 4.78 is 0. The van der Waals surface area contributed by atoms with Crippen molar-refractivity contribution >= 4 is 17.5 Å². The maximum absolute atomic E-state index is 12.6. The van der Waals surface area contributed by atoms with Crippen LogP contribution >= 0.6 is 11.6 Å². The van der Waals surface area contributed by atoms with Crippen molar-refractivity contribution in [3.05, 3.63) is 35.4 Å². The number of benzene rings is 1. The third kappa shape index (κ3) is 2.64. The van der Waals surface area contributed by atoms with Crippen LogP contribution in [0.5, 0.6) is 0 Å². The Morgan fingerprint density at radius 1 is 1.26 bits per heavy atom. The third-order valence-electron chi connectivity index (χ3n) is 4.51. The zero-order valence-corrected chi connectivity index (χ0v) is 11.9. The second-order valence-corrected chi connectivity index (χ2v) is 6.11. The van der Waals surface area contributed by atoms with Crippen LogP contribution in [0.2, 0.25) is 0 Å². The molecule has 1 heterocycles. The average Bonchev–Trinajstić information content (AvgIpc) is 2.95. The SMILES string of the molecule is O=C(C1CCc2ccccc2C1)N1CCC(CCl)C1. The van der Waals surface area contributed by atoms with E-state index >= 15 is 0 Å². The first-order valence-corrected chi connectivity index (χ1v) is 7.73. The number of carbonyl (C=O) groups excluding carboxylic acids is 1. The van der Waals surface area contributed by atoms with E-state index in [1.165, 1.54) is 11.1 Å². The fraction of sp³-hybridized carbons (Fsp3) is 0.562. The van der Waals surface area contributed by atoms with Gasteiger partial charge in [0.15, 0.2) is 0 Å². The Balaban J connectivity index is 1.66. The van der Waals surface area contributed by atoms with Gasteiger partial charge in [0.05, 0.1) is 0 Å². The second kappa shape index (κ2) is 5.54. The molecule has 3 heteroatoms. The highest BCUT2D eigenvalue weighted by molar-refractivity contribution is 6.18. The van der Waals surface area contributed by atoms with Gasteiger partial charge in [-0.05, 0) is 42.7 Å². The van der Waals surface area contributed by atoms with E-state index in [0.717, 1.165) is 38.8 Å². The molecule has 0 radical (unpaired) electrons. The van der Waals surface area contributed by atoms with Crippen LogP contribution in [0.1, 0.15) is 24.0 Å². The summed E-state index contributed by atoms with van der Waals surface area (Å²) in [4.78, 5) is 14.6. The summed E-state index contributed by atoms with van der Waals surface area (Å²) >= 11 is 5.89. The molecule has 0 bridgehead atoms. The summed E-state index contributed by atoms with van der Waals surface area (Å²) in [7, 11) is 0. The molecule has 0 saturated carbocycles. The maximum Gasteiger partial charge on any atom is 0.226 e. The predicted molar refractivity (Wildman–Crippen MR) is 77.4 cm³/mol. The number of hydrogen-bond acceptors (Lipinski definition) is 1. The molecule has 19 heavy (non-hydrogen) atoms. The van der Waals surface area contributed by atoms with E-state index in [1.807, 2.05) is 4.90 Å². The van der Waals surface area contributed by atoms with Gasteiger partial charge in [0, 0.05) is 24.9 Å². The van der Waals surface area contributed by atoms with Crippen molar-refractivity contribution in [3.8, 4) is 0 Å². The summed E-state index contributed by atoms with van der Waals surface area (Å²) in [6.07, 6.45) is 4.02. The Morgan fingerprint density at radius 3 is 2.79 bits per heavy atom. The molecule has 1 aromatic rings. The number of halogens is 1. The lowest BCUT2D eigenvalue weighted by Gasteiger charge is -2.27. The molecule has 0 N–H and O–H groups in total. The molecule has 1 saturated heterocycles. The number of nitrogens with zero attached hydrogens (tertiary/aromatic N) is 1. The number of amides is 1. The number of hydrogen-bond donors (Lipinski definition) is 0. The lowest BCUT2D eigenvalue weighted by atomic mass is 9.83. The van der Waals surface area contributed by atoms with E-state index in [9.17, 15) is 4.79 Å². The average molecular weight is 278 g/mol. The van der Waals surface area contributed by atoms with Gasteiger partial charge in [-0.3, -0.25) is 4.79 Å². The monoisotopic (exact) mass is 277 g/mol. The standard InChI is InChI=1S/C16H20ClNO/c17-10-12-7-8-18(11-12)16(19)15-6-5-13-3-1-2-4-14(13)9-15/h1-4,12,15H,5-11H2.